The fourth-order valence-electron chi connectivity index (χ4n) is 2.85. The lowest BCUT2D eigenvalue weighted by atomic mass is 10.1. The Balaban J connectivity index is 1.60. The van der Waals surface area contributed by atoms with Crippen LogP contribution in [0.25, 0.3) is 0 Å². The van der Waals surface area contributed by atoms with Crippen molar-refractivity contribution in [1.29, 1.82) is 0 Å². The normalized spacial score (nSPS) is 16.2. The topological polar surface area (TPSA) is 56.8 Å². The van der Waals surface area contributed by atoms with E-state index in [2.05, 4.69) is 5.32 Å². The summed E-state index contributed by atoms with van der Waals surface area (Å²) in [6, 6.07) is 10.3. The van der Waals surface area contributed by atoms with E-state index >= 15 is 0 Å². The summed E-state index contributed by atoms with van der Waals surface area (Å²) < 4.78 is 16.8. The van der Waals surface area contributed by atoms with Crippen molar-refractivity contribution < 1.29 is 19.0 Å². The molecule has 2 aromatic carbocycles. The molecule has 0 bridgehead atoms. The van der Waals surface area contributed by atoms with Gasteiger partial charge in [-0.2, -0.15) is 0 Å². The molecule has 1 fully saturated rings. The molecule has 1 atom stereocenters. The first-order chi connectivity index (χ1) is 13.1. The van der Waals surface area contributed by atoms with Gasteiger partial charge < -0.3 is 19.5 Å². The SMILES string of the molecule is COc1cc(CNC(=O)c2ccc(Cl)cc2Cl)ccc1OCC1CCCO1. The molecule has 0 aromatic heterocycles. The van der Waals surface area contributed by atoms with Crippen LogP contribution in [0.15, 0.2) is 36.4 Å². The Morgan fingerprint density at radius 2 is 2.07 bits per heavy atom. The van der Waals surface area contributed by atoms with Gasteiger partial charge in [-0.05, 0) is 48.7 Å². The third kappa shape index (κ3) is 5.28. The lowest BCUT2D eigenvalue weighted by Gasteiger charge is -2.15. The number of carbonyl (C=O) groups is 1. The Bertz CT molecular complexity index is 807. The fraction of sp³-hybridized carbons (Fsp3) is 0.350. The molecule has 1 aliphatic rings. The molecule has 1 amide bonds. The Kier molecular flexibility index (Phi) is 6.83. The molecule has 0 aliphatic carbocycles. The predicted molar refractivity (Wildman–Crippen MR) is 105 cm³/mol. The zero-order valence-corrected chi connectivity index (χ0v) is 16.5. The van der Waals surface area contributed by atoms with Crippen molar-refractivity contribution in [3.8, 4) is 11.5 Å². The molecule has 1 N–H and O–H groups in total. The van der Waals surface area contributed by atoms with E-state index in [1.807, 2.05) is 18.2 Å². The van der Waals surface area contributed by atoms with E-state index in [-0.39, 0.29) is 12.0 Å². The Hall–Kier alpha value is -1.95. The molecule has 144 valence electrons. The first-order valence-corrected chi connectivity index (χ1v) is 9.47. The number of hydrogen-bond acceptors (Lipinski definition) is 4. The molecule has 1 unspecified atom stereocenters. The molecular formula is C20H21Cl2NO4. The van der Waals surface area contributed by atoms with Gasteiger partial charge in [-0.1, -0.05) is 29.3 Å². The summed E-state index contributed by atoms with van der Waals surface area (Å²) in [5, 5.41) is 3.64. The van der Waals surface area contributed by atoms with E-state index in [0.717, 1.165) is 25.0 Å². The molecular weight excluding hydrogens is 389 g/mol. The molecule has 1 saturated heterocycles. The predicted octanol–water partition coefficient (Wildman–Crippen LogP) is 4.49. The maximum atomic E-state index is 12.3. The van der Waals surface area contributed by atoms with E-state index in [0.29, 0.717) is 40.3 Å². The number of halogens is 2. The van der Waals surface area contributed by atoms with Crippen LogP contribution in [0.5, 0.6) is 11.5 Å². The highest BCUT2D eigenvalue weighted by Gasteiger charge is 2.17. The van der Waals surface area contributed by atoms with E-state index < -0.39 is 0 Å². The van der Waals surface area contributed by atoms with Crippen molar-refractivity contribution in [2.24, 2.45) is 0 Å². The summed E-state index contributed by atoms with van der Waals surface area (Å²) in [5.74, 6) is 1.00. The van der Waals surface area contributed by atoms with Crippen LogP contribution < -0.4 is 14.8 Å². The standard InChI is InChI=1S/C20H21Cl2NO4/c1-25-19-9-13(4-7-18(19)27-12-15-3-2-8-26-15)11-23-20(24)16-6-5-14(21)10-17(16)22/h4-7,9-10,15H,2-3,8,11-12H2,1H3,(H,23,24). The van der Waals surface area contributed by atoms with Gasteiger partial charge in [-0.25, -0.2) is 0 Å². The lowest BCUT2D eigenvalue weighted by Crippen LogP contribution is -2.23. The molecule has 7 heteroatoms. The van der Waals surface area contributed by atoms with E-state index in [4.69, 9.17) is 37.4 Å². The minimum absolute atomic E-state index is 0.137. The molecule has 1 heterocycles. The van der Waals surface area contributed by atoms with Gasteiger partial charge in [0.15, 0.2) is 11.5 Å². The summed E-state index contributed by atoms with van der Waals surface area (Å²) in [5.41, 5.74) is 1.26. The average molecular weight is 410 g/mol. The second-order valence-corrected chi connectivity index (χ2v) is 7.08. The van der Waals surface area contributed by atoms with Crippen LogP contribution in [0, 0.1) is 0 Å². The average Bonchev–Trinajstić information content (AvgIpc) is 3.18. The van der Waals surface area contributed by atoms with Crippen molar-refractivity contribution >= 4 is 29.1 Å². The molecule has 1 aliphatic heterocycles. The van der Waals surface area contributed by atoms with Gasteiger partial charge in [-0.3, -0.25) is 4.79 Å². The minimum Gasteiger partial charge on any atom is -0.493 e. The van der Waals surface area contributed by atoms with Crippen LogP contribution in [0.4, 0.5) is 0 Å². The first kappa shape index (κ1) is 19.8. The number of rotatable bonds is 7. The van der Waals surface area contributed by atoms with Crippen LogP contribution in [0.2, 0.25) is 10.0 Å². The lowest BCUT2D eigenvalue weighted by molar-refractivity contribution is 0.0669. The summed E-state index contributed by atoms with van der Waals surface area (Å²) in [6.45, 7) is 1.63. The number of amides is 1. The van der Waals surface area contributed by atoms with Gasteiger partial charge in [0.05, 0.1) is 23.8 Å². The van der Waals surface area contributed by atoms with Crippen molar-refractivity contribution in [1.82, 2.24) is 5.32 Å². The molecule has 27 heavy (non-hydrogen) atoms. The van der Waals surface area contributed by atoms with E-state index in [1.165, 1.54) is 0 Å². The highest BCUT2D eigenvalue weighted by molar-refractivity contribution is 6.36. The van der Waals surface area contributed by atoms with Gasteiger partial charge in [0, 0.05) is 18.2 Å². The fourth-order valence-corrected chi connectivity index (χ4v) is 3.35. The zero-order chi connectivity index (χ0) is 19.2. The second kappa shape index (κ2) is 9.31. The van der Waals surface area contributed by atoms with E-state index in [9.17, 15) is 4.79 Å². The third-order valence-electron chi connectivity index (χ3n) is 4.31. The van der Waals surface area contributed by atoms with Crippen molar-refractivity contribution in [2.45, 2.75) is 25.5 Å². The largest absolute Gasteiger partial charge is 0.493 e. The smallest absolute Gasteiger partial charge is 0.253 e. The molecule has 3 rings (SSSR count). The monoisotopic (exact) mass is 409 g/mol. The Labute approximate surface area is 168 Å². The van der Waals surface area contributed by atoms with Crippen LogP contribution in [0.3, 0.4) is 0 Å². The number of benzene rings is 2. The van der Waals surface area contributed by atoms with Crippen LogP contribution in [0.1, 0.15) is 28.8 Å². The molecule has 5 nitrogen and oxygen atoms in total. The summed E-state index contributed by atoms with van der Waals surface area (Å²) in [6.07, 6.45) is 2.22. The molecule has 2 aromatic rings. The second-order valence-electron chi connectivity index (χ2n) is 6.24. The van der Waals surface area contributed by atoms with Gasteiger partial charge in [0.2, 0.25) is 0 Å². The van der Waals surface area contributed by atoms with Gasteiger partial charge >= 0.3 is 0 Å². The zero-order valence-electron chi connectivity index (χ0n) is 15.0. The highest BCUT2D eigenvalue weighted by Crippen LogP contribution is 2.29. The minimum atomic E-state index is -0.269. The maximum Gasteiger partial charge on any atom is 0.253 e. The number of carbonyl (C=O) groups excluding carboxylic acids is 1. The van der Waals surface area contributed by atoms with Crippen LogP contribution in [-0.4, -0.2) is 32.3 Å². The van der Waals surface area contributed by atoms with Crippen molar-refractivity contribution in [3.63, 3.8) is 0 Å². The number of hydrogen-bond donors (Lipinski definition) is 1. The number of methoxy groups -OCH3 is 1. The van der Waals surface area contributed by atoms with E-state index in [1.54, 1.807) is 25.3 Å². The quantitative estimate of drug-likeness (QED) is 0.731. The van der Waals surface area contributed by atoms with Gasteiger partial charge in [0.1, 0.15) is 6.61 Å². The Morgan fingerprint density at radius 1 is 1.22 bits per heavy atom. The maximum absolute atomic E-state index is 12.3. The summed E-state index contributed by atoms with van der Waals surface area (Å²) in [7, 11) is 1.59. The van der Waals surface area contributed by atoms with Crippen molar-refractivity contribution in [3.05, 3.63) is 57.6 Å². The Morgan fingerprint density at radius 3 is 2.78 bits per heavy atom. The number of nitrogens with one attached hydrogen (secondary N) is 1. The molecule has 0 radical (unpaired) electrons. The first-order valence-electron chi connectivity index (χ1n) is 8.71. The van der Waals surface area contributed by atoms with Gasteiger partial charge in [0.25, 0.3) is 5.91 Å². The van der Waals surface area contributed by atoms with Gasteiger partial charge in [-0.15, -0.1) is 0 Å². The highest BCUT2D eigenvalue weighted by atomic mass is 35.5. The molecule has 0 saturated carbocycles. The van der Waals surface area contributed by atoms with Crippen LogP contribution in [-0.2, 0) is 11.3 Å². The van der Waals surface area contributed by atoms with Crippen molar-refractivity contribution in [2.75, 3.05) is 20.3 Å². The van der Waals surface area contributed by atoms with Crippen LogP contribution >= 0.6 is 23.2 Å². The third-order valence-corrected chi connectivity index (χ3v) is 4.85. The summed E-state index contributed by atoms with van der Waals surface area (Å²) >= 11 is 11.9. The molecule has 0 spiro atoms. The summed E-state index contributed by atoms with van der Waals surface area (Å²) in [4.78, 5) is 12.3. The number of ether oxygens (including phenoxy) is 3.